The highest BCUT2D eigenvalue weighted by Crippen LogP contribution is 2.32. The van der Waals surface area contributed by atoms with Crippen molar-refractivity contribution in [3.05, 3.63) is 62.8 Å². The number of H-pyrrole nitrogens is 1. The van der Waals surface area contributed by atoms with Gasteiger partial charge in [-0.1, -0.05) is 0 Å². The Labute approximate surface area is 170 Å². The van der Waals surface area contributed by atoms with E-state index in [9.17, 15) is 13.6 Å². The second-order valence-corrected chi connectivity index (χ2v) is 7.93. The molecule has 0 fully saturated rings. The van der Waals surface area contributed by atoms with E-state index in [0.717, 1.165) is 26.7 Å². The summed E-state index contributed by atoms with van der Waals surface area (Å²) in [5.41, 5.74) is 6.69. The van der Waals surface area contributed by atoms with Gasteiger partial charge in [-0.05, 0) is 30.7 Å². The molecule has 10 heteroatoms. The average molecular weight is 420 g/mol. The monoisotopic (exact) mass is 420 g/mol. The van der Waals surface area contributed by atoms with Crippen molar-refractivity contribution < 1.29 is 8.78 Å². The van der Waals surface area contributed by atoms with Gasteiger partial charge in [0.1, 0.15) is 11.6 Å². The SMILES string of the molecule is Cc1cc(-c2ccc(N(C)C)nc2)sc1Cn1c(CC(CN)=C(F)F)n[nH]c1=O. The van der Waals surface area contributed by atoms with E-state index in [1.54, 1.807) is 0 Å². The molecule has 0 aliphatic rings. The fraction of sp³-hybridized carbons (Fsp3) is 0.316. The molecule has 29 heavy (non-hydrogen) atoms. The van der Waals surface area contributed by atoms with Crippen LogP contribution in [0.4, 0.5) is 14.6 Å². The topological polar surface area (TPSA) is 92.8 Å². The average Bonchev–Trinajstić information content (AvgIpc) is 3.23. The van der Waals surface area contributed by atoms with E-state index in [-0.39, 0.29) is 30.9 Å². The van der Waals surface area contributed by atoms with Gasteiger partial charge in [-0.25, -0.2) is 14.9 Å². The van der Waals surface area contributed by atoms with Gasteiger partial charge in [0, 0.05) is 54.1 Å². The van der Waals surface area contributed by atoms with E-state index in [1.165, 1.54) is 15.9 Å². The van der Waals surface area contributed by atoms with Crippen LogP contribution in [0.5, 0.6) is 0 Å². The number of thiophene rings is 1. The quantitative estimate of drug-likeness (QED) is 0.613. The smallest absolute Gasteiger partial charge is 0.343 e. The molecule has 3 heterocycles. The number of nitrogens with two attached hydrogens (primary N) is 1. The van der Waals surface area contributed by atoms with Gasteiger partial charge in [-0.3, -0.25) is 4.57 Å². The summed E-state index contributed by atoms with van der Waals surface area (Å²) < 4.78 is 27.3. The second kappa shape index (κ2) is 8.66. The Morgan fingerprint density at radius 1 is 1.34 bits per heavy atom. The summed E-state index contributed by atoms with van der Waals surface area (Å²) in [6.07, 6.45) is -0.204. The van der Waals surface area contributed by atoms with Crippen LogP contribution in [0, 0.1) is 6.92 Å². The van der Waals surface area contributed by atoms with Crippen molar-refractivity contribution in [1.82, 2.24) is 19.7 Å². The number of aryl methyl sites for hydroxylation is 1. The highest BCUT2D eigenvalue weighted by molar-refractivity contribution is 7.15. The Morgan fingerprint density at radius 2 is 2.10 bits per heavy atom. The summed E-state index contributed by atoms with van der Waals surface area (Å²) in [6.45, 7) is 1.91. The summed E-state index contributed by atoms with van der Waals surface area (Å²) in [4.78, 5) is 20.5. The van der Waals surface area contributed by atoms with Crippen molar-refractivity contribution in [1.29, 1.82) is 0 Å². The number of rotatable bonds is 7. The molecule has 3 aromatic rings. The van der Waals surface area contributed by atoms with Crippen LogP contribution in [0.25, 0.3) is 10.4 Å². The van der Waals surface area contributed by atoms with Gasteiger partial charge in [0.2, 0.25) is 0 Å². The molecule has 0 saturated heterocycles. The van der Waals surface area contributed by atoms with Crippen LogP contribution in [0.2, 0.25) is 0 Å². The van der Waals surface area contributed by atoms with Gasteiger partial charge in [0.05, 0.1) is 6.54 Å². The maximum Gasteiger partial charge on any atom is 0.343 e. The molecule has 3 rings (SSSR count). The molecule has 0 aliphatic carbocycles. The lowest BCUT2D eigenvalue weighted by Gasteiger charge is -2.10. The minimum atomic E-state index is -1.84. The number of anilines is 1. The van der Waals surface area contributed by atoms with Crippen molar-refractivity contribution in [2.75, 3.05) is 25.5 Å². The molecule has 0 radical (unpaired) electrons. The lowest BCUT2D eigenvalue weighted by Crippen LogP contribution is -2.20. The molecular weight excluding hydrogens is 398 g/mol. The first-order chi connectivity index (χ1) is 13.8. The van der Waals surface area contributed by atoms with Crippen LogP contribution in [0.1, 0.15) is 16.3 Å². The van der Waals surface area contributed by atoms with E-state index >= 15 is 0 Å². The fourth-order valence-corrected chi connectivity index (χ4v) is 3.97. The molecular formula is C19H22F2N6OS. The van der Waals surface area contributed by atoms with Crippen molar-refractivity contribution in [3.8, 4) is 10.4 Å². The van der Waals surface area contributed by atoms with E-state index in [2.05, 4.69) is 15.2 Å². The number of hydrogen-bond donors (Lipinski definition) is 2. The standard InChI is InChI=1S/C19H22F2N6OS/c1-11-6-14(12-4-5-16(23-9-12)26(2)3)29-15(11)10-27-17(24-25-19(27)28)7-13(8-22)18(20)21/h4-6,9H,7-8,10,22H2,1-3H3,(H,25,28). The van der Waals surface area contributed by atoms with Crippen LogP contribution < -0.4 is 16.3 Å². The summed E-state index contributed by atoms with van der Waals surface area (Å²) in [7, 11) is 3.85. The number of nitrogens with one attached hydrogen (secondary N) is 1. The molecule has 0 unspecified atom stereocenters. The third-order valence-electron chi connectivity index (χ3n) is 4.54. The number of pyridine rings is 1. The molecule has 0 bridgehead atoms. The van der Waals surface area contributed by atoms with Crippen molar-refractivity contribution in [3.63, 3.8) is 0 Å². The van der Waals surface area contributed by atoms with E-state index < -0.39 is 11.8 Å². The first-order valence-corrected chi connectivity index (χ1v) is 9.72. The van der Waals surface area contributed by atoms with Crippen molar-refractivity contribution in [2.24, 2.45) is 5.73 Å². The first-order valence-electron chi connectivity index (χ1n) is 8.90. The molecule has 0 aromatic carbocycles. The van der Waals surface area contributed by atoms with E-state index in [1.807, 2.05) is 50.3 Å². The number of aromatic amines is 1. The van der Waals surface area contributed by atoms with Gasteiger partial charge in [0.15, 0.2) is 0 Å². The Balaban J connectivity index is 1.88. The van der Waals surface area contributed by atoms with Gasteiger partial charge in [-0.2, -0.15) is 13.9 Å². The summed E-state index contributed by atoms with van der Waals surface area (Å²) in [6, 6.07) is 5.97. The predicted molar refractivity (Wildman–Crippen MR) is 111 cm³/mol. The zero-order valence-corrected chi connectivity index (χ0v) is 17.2. The van der Waals surface area contributed by atoms with Crippen LogP contribution in [0.3, 0.4) is 0 Å². The zero-order chi connectivity index (χ0) is 21.1. The Kier molecular flexibility index (Phi) is 6.23. The molecule has 0 aliphatic heterocycles. The molecule has 7 nitrogen and oxygen atoms in total. The van der Waals surface area contributed by atoms with Crippen LogP contribution in [-0.2, 0) is 13.0 Å². The Morgan fingerprint density at radius 3 is 2.69 bits per heavy atom. The highest BCUT2D eigenvalue weighted by Gasteiger charge is 2.16. The van der Waals surface area contributed by atoms with E-state index in [4.69, 9.17) is 5.73 Å². The first kappa shape index (κ1) is 20.9. The number of hydrogen-bond acceptors (Lipinski definition) is 6. The summed E-state index contributed by atoms with van der Waals surface area (Å²) in [5, 5.41) is 6.23. The molecule has 3 aromatic heterocycles. The lowest BCUT2D eigenvalue weighted by molar-refractivity contribution is 0.407. The van der Waals surface area contributed by atoms with Crippen molar-refractivity contribution >= 4 is 17.2 Å². The molecule has 0 atom stereocenters. The van der Waals surface area contributed by atoms with Crippen LogP contribution in [0.15, 0.2) is 40.8 Å². The third kappa shape index (κ3) is 4.60. The van der Waals surface area contributed by atoms with Crippen LogP contribution >= 0.6 is 11.3 Å². The maximum atomic E-state index is 13.0. The third-order valence-corrected chi connectivity index (χ3v) is 5.81. The lowest BCUT2D eigenvalue weighted by atomic mass is 10.2. The number of halogens is 2. The molecule has 0 spiro atoms. The van der Waals surface area contributed by atoms with Gasteiger partial charge < -0.3 is 10.6 Å². The molecule has 0 amide bonds. The van der Waals surface area contributed by atoms with E-state index in [0.29, 0.717) is 0 Å². The molecule has 0 saturated carbocycles. The maximum absolute atomic E-state index is 13.0. The predicted octanol–water partition coefficient (Wildman–Crippen LogP) is 2.77. The number of aromatic nitrogens is 4. The largest absolute Gasteiger partial charge is 0.363 e. The number of nitrogens with zero attached hydrogens (tertiary/aromatic N) is 4. The fourth-order valence-electron chi connectivity index (χ4n) is 2.81. The Bertz CT molecular complexity index is 1080. The highest BCUT2D eigenvalue weighted by atomic mass is 32.1. The zero-order valence-electron chi connectivity index (χ0n) is 16.4. The summed E-state index contributed by atoms with van der Waals surface area (Å²) in [5.74, 6) is 1.09. The van der Waals surface area contributed by atoms with Gasteiger partial charge in [0.25, 0.3) is 6.08 Å². The van der Waals surface area contributed by atoms with Crippen molar-refractivity contribution in [2.45, 2.75) is 19.9 Å². The second-order valence-electron chi connectivity index (χ2n) is 6.79. The Hall–Kier alpha value is -2.85. The molecule has 154 valence electrons. The van der Waals surface area contributed by atoms with Gasteiger partial charge in [-0.15, -0.1) is 11.3 Å². The van der Waals surface area contributed by atoms with Gasteiger partial charge >= 0.3 is 5.69 Å². The normalized spacial score (nSPS) is 11.0. The minimum Gasteiger partial charge on any atom is -0.363 e. The summed E-state index contributed by atoms with van der Waals surface area (Å²) >= 11 is 1.53. The minimum absolute atomic E-state index is 0.176. The van der Waals surface area contributed by atoms with Crippen LogP contribution in [-0.4, -0.2) is 40.4 Å². The molecule has 3 N–H and O–H groups in total.